The van der Waals surface area contributed by atoms with E-state index >= 15 is 0 Å². The van der Waals surface area contributed by atoms with Gasteiger partial charge in [-0.15, -0.1) is 0 Å². The van der Waals surface area contributed by atoms with Gasteiger partial charge in [0.15, 0.2) is 0 Å². The minimum atomic E-state index is -0.827. The fourth-order valence-corrected chi connectivity index (χ4v) is 2.42. The van der Waals surface area contributed by atoms with E-state index in [1.165, 1.54) is 6.26 Å². The van der Waals surface area contributed by atoms with Gasteiger partial charge in [-0.25, -0.2) is 4.79 Å². The largest absolute Gasteiger partial charge is 0.481 e. The minimum absolute atomic E-state index is 0.137. The summed E-state index contributed by atoms with van der Waals surface area (Å²) in [6, 6.07) is 2.84. The highest BCUT2D eigenvalue weighted by atomic mass is 16.4. The van der Waals surface area contributed by atoms with Crippen molar-refractivity contribution >= 4 is 17.9 Å². The number of hydrogen-bond donors (Lipinski definition) is 4. The minimum Gasteiger partial charge on any atom is -0.481 e. The summed E-state index contributed by atoms with van der Waals surface area (Å²) >= 11 is 0. The quantitative estimate of drug-likeness (QED) is 0.608. The summed E-state index contributed by atoms with van der Waals surface area (Å²) in [6.07, 6.45) is 3.16. The zero-order chi connectivity index (χ0) is 15.9. The lowest BCUT2D eigenvalue weighted by molar-refractivity contribution is -0.141. The summed E-state index contributed by atoms with van der Waals surface area (Å²) in [5.41, 5.74) is 0. The van der Waals surface area contributed by atoms with Crippen LogP contribution in [0.1, 0.15) is 25.0 Å². The van der Waals surface area contributed by atoms with Gasteiger partial charge in [-0.3, -0.25) is 9.59 Å². The van der Waals surface area contributed by atoms with Gasteiger partial charge >= 0.3 is 12.0 Å². The molecule has 0 radical (unpaired) electrons. The Kier molecular flexibility index (Phi) is 5.40. The Morgan fingerprint density at radius 2 is 2.09 bits per heavy atom. The van der Waals surface area contributed by atoms with Crippen molar-refractivity contribution in [3.8, 4) is 0 Å². The fourth-order valence-electron chi connectivity index (χ4n) is 2.42. The number of aliphatic carboxylic acids is 1. The van der Waals surface area contributed by atoms with Crippen LogP contribution in [0.5, 0.6) is 0 Å². The first kappa shape index (κ1) is 15.9. The number of amides is 3. The molecule has 1 heterocycles. The Hall–Kier alpha value is -2.51. The normalized spacial score (nSPS) is 20.4. The zero-order valence-electron chi connectivity index (χ0n) is 12.0. The molecule has 3 amide bonds. The second-order valence-corrected chi connectivity index (χ2v) is 5.23. The Bertz CT molecular complexity index is 529. The second kappa shape index (κ2) is 7.48. The first-order valence-electron chi connectivity index (χ1n) is 7.11. The van der Waals surface area contributed by atoms with Crippen molar-refractivity contribution in [2.75, 3.05) is 6.54 Å². The highest BCUT2D eigenvalue weighted by Crippen LogP contribution is 2.25. The molecule has 1 fully saturated rings. The number of carboxylic acids is 1. The number of rotatable bonds is 6. The number of furan rings is 1. The van der Waals surface area contributed by atoms with Crippen molar-refractivity contribution < 1.29 is 23.9 Å². The molecule has 0 spiro atoms. The van der Waals surface area contributed by atoms with Crippen LogP contribution in [0.25, 0.3) is 0 Å². The molecule has 8 heteroatoms. The average molecular weight is 309 g/mol. The Balaban J connectivity index is 1.61. The molecule has 0 unspecified atom stereocenters. The van der Waals surface area contributed by atoms with Crippen molar-refractivity contribution in [1.82, 2.24) is 16.0 Å². The van der Waals surface area contributed by atoms with E-state index in [1.807, 2.05) is 0 Å². The van der Waals surface area contributed by atoms with Crippen LogP contribution in [0.3, 0.4) is 0 Å². The molecule has 0 saturated heterocycles. The van der Waals surface area contributed by atoms with Crippen molar-refractivity contribution in [1.29, 1.82) is 0 Å². The van der Waals surface area contributed by atoms with Crippen LogP contribution >= 0.6 is 0 Å². The molecule has 4 N–H and O–H groups in total. The first-order valence-corrected chi connectivity index (χ1v) is 7.11. The number of hydrogen-bond acceptors (Lipinski definition) is 4. The highest BCUT2D eigenvalue weighted by Gasteiger charge is 2.30. The molecule has 1 aromatic heterocycles. The van der Waals surface area contributed by atoms with Crippen molar-refractivity contribution in [2.45, 2.75) is 31.8 Å². The van der Waals surface area contributed by atoms with Crippen molar-refractivity contribution in [2.24, 2.45) is 5.92 Å². The lowest BCUT2D eigenvalue weighted by Gasteiger charge is -2.13. The number of carbonyl (C=O) groups is 3. The smallest absolute Gasteiger partial charge is 0.315 e. The third-order valence-electron chi connectivity index (χ3n) is 3.56. The van der Waals surface area contributed by atoms with E-state index in [9.17, 15) is 14.4 Å². The van der Waals surface area contributed by atoms with Crippen LogP contribution < -0.4 is 16.0 Å². The molecule has 0 aliphatic heterocycles. The van der Waals surface area contributed by atoms with Crippen LogP contribution in [-0.2, 0) is 16.1 Å². The number of carbonyl (C=O) groups excluding carboxylic acids is 2. The van der Waals surface area contributed by atoms with E-state index in [4.69, 9.17) is 9.52 Å². The van der Waals surface area contributed by atoms with Crippen LogP contribution in [0.2, 0.25) is 0 Å². The molecule has 0 aromatic carbocycles. The lowest BCUT2D eigenvalue weighted by atomic mass is 10.1. The molecule has 2 atom stereocenters. The summed E-state index contributed by atoms with van der Waals surface area (Å²) in [4.78, 5) is 34.0. The molecule has 2 rings (SSSR count). The van der Waals surface area contributed by atoms with Gasteiger partial charge < -0.3 is 25.5 Å². The Labute approximate surface area is 127 Å². The molecule has 1 aromatic rings. The van der Waals surface area contributed by atoms with Gasteiger partial charge in [0.05, 0.1) is 25.3 Å². The van der Waals surface area contributed by atoms with E-state index in [1.54, 1.807) is 12.1 Å². The molecule has 1 saturated carbocycles. The molecule has 1 aliphatic rings. The number of nitrogens with one attached hydrogen (secondary N) is 3. The zero-order valence-corrected chi connectivity index (χ0v) is 12.0. The van der Waals surface area contributed by atoms with Crippen molar-refractivity contribution in [3.63, 3.8) is 0 Å². The van der Waals surface area contributed by atoms with Crippen LogP contribution in [0, 0.1) is 5.92 Å². The second-order valence-electron chi connectivity index (χ2n) is 5.23. The molecule has 22 heavy (non-hydrogen) atoms. The molecule has 0 bridgehead atoms. The summed E-state index contributed by atoms with van der Waals surface area (Å²) < 4.78 is 5.06. The monoisotopic (exact) mass is 309 g/mol. The maximum atomic E-state index is 11.7. The van der Waals surface area contributed by atoms with Gasteiger partial charge in [0, 0.05) is 6.04 Å². The van der Waals surface area contributed by atoms with E-state index in [0.717, 1.165) is 0 Å². The van der Waals surface area contributed by atoms with E-state index in [2.05, 4.69) is 16.0 Å². The maximum absolute atomic E-state index is 11.7. The summed E-state index contributed by atoms with van der Waals surface area (Å²) in [7, 11) is 0. The van der Waals surface area contributed by atoms with Gasteiger partial charge in [-0.1, -0.05) is 0 Å². The molecule has 120 valence electrons. The fraction of sp³-hybridized carbons (Fsp3) is 0.500. The topological polar surface area (TPSA) is 121 Å². The third-order valence-corrected chi connectivity index (χ3v) is 3.56. The maximum Gasteiger partial charge on any atom is 0.315 e. The molecule has 1 aliphatic carbocycles. The van der Waals surface area contributed by atoms with E-state index in [0.29, 0.717) is 25.0 Å². The predicted molar refractivity (Wildman–Crippen MR) is 75.9 cm³/mol. The summed E-state index contributed by atoms with van der Waals surface area (Å²) in [5, 5.41) is 16.6. The van der Waals surface area contributed by atoms with E-state index in [-0.39, 0.29) is 25.0 Å². The lowest BCUT2D eigenvalue weighted by Crippen LogP contribution is -2.44. The number of carboxylic acid groups (broad SMARTS) is 1. The Morgan fingerprint density at radius 1 is 1.27 bits per heavy atom. The third kappa shape index (κ3) is 4.80. The van der Waals surface area contributed by atoms with E-state index < -0.39 is 17.9 Å². The molecular weight excluding hydrogens is 290 g/mol. The Morgan fingerprint density at radius 3 is 2.73 bits per heavy atom. The van der Waals surface area contributed by atoms with Gasteiger partial charge in [0.1, 0.15) is 5.76 Å². The molecular formula is C14H19N3O5. The predicted octanol–water partition coefficient (Wildman–Crippen LogP) is 0.448. The first-order chi connectivity index (χ1) is 10.5. The average Bonchev–Trinajstić information content (AvgIpc) is 3.14. The van der Waals surface area contributed by atoms with Crippen LogP contribution in [0.15, 0.2) is 22.8 Å². The summed E-state index contributed by atoms with van der Waals surface area (Å²) in [6.45, 7) is 0.0849. The van der Waals surface area contributed by atoms with Gasteiger partial charge in [0.2, 0.25) is 5.91 Å². The van der Waals surface area contributed by atoms with Crippen LogP contribution in [0.4, 0.5) is 4.79 Å². The van der Waals surface area contributed by atoms with Crippen molar-refractivity contribution in [3.05, 3.63) is 24.2 Å². The van der Waals surface area contributed by atoms with Gasteiger partial charge in [-0.2, -0.15) is 0 Å². The van der Waals surface area contributed by atoms with Gasteiger partial charge in [-0.05, 0) is 31.4 Å². The van der Waals surface area contributed by atoms with Crippen LogP contribution in [-0.4, -0.2) is 35.6 Å². The molecule has 8 nitrogen and oxygen atoms in total. The number of urea groups is 1. The highest BCUT2D eigenvalue weighted by molar-refractivity contribution is 5.84. The SMILES string of the molecule is O=C(CNC(=O)NCc1ccco1)N[C@H]1CC[C@@H](C(=O)O)C1. The van der Waals surface area contributed by atoms with Gasteiger partial charge in [0.25, 0.3) is 0 Å². The summed E-state index contributed by atoms with van der Waals surface area (Å²) in [5.74, 6) is -0.934. The standard InChI is InChI=1S/C14H19N3O5/c18-12(17-10-4-3-9(6-10)13(19)20)8-16-14(21)15-7-11-2-1-5-22-11/h1-2,5,9-10H,3-4,6-8H2,(H,17,18)(H,19,20)(H2,15,16,21)/t9-,10+/m1/s1.